The van der Waals surface area contributed by atoms with E-state index < -0.39 is 0 Å². The third-order valence-electron chi connectivity index (χ3n) is 3.20. The van der Waals surface area contributed by atoms with Gasteiger partial charge < -0.3 is 4.90 Å². The predicted molar refractivity (Wildman–Crippen MR) is 63.6 cm³/mol. The maximum absolute atomic E-state index is 12.0. The smallest absolute Gasteiger partial charge is 0.223 e. The van der Waals surface area contributed by atoms with Crippen molar-refractivity contribution in [2.75, 3.05) is 13.1 Å². The largest absolute Gasteiger partial charge is 0.342 e. The van der Waals surface area contributed by atoms with Crippen LogP contribution in [-0.2, 0) is 4.79 Å². The van der Waals surface area contributed by atoms with E-state index in [4.69, 9.17) is 0 Å². The maximum atomic E-state index is 12.0. The van der Waals surface area contributed by atoms with E-state index in [0.717, 1.165) is 13.1 Å². The average molecular weight is 211 g/mol. The highest BCUT2D eigenvalue weighted by Crippen LogP contribution is 2.26. The molecule has 0 bridgehead atoms. The molecule has 0 saturated carbocycles. The fourth-order valence-electron chi connectivity index (χ4n) is 2.12. The number of nitrogens with zero attached hydrogens (tertiary/aromatic N) is 1. The lowest BCUT2D eigenvalue weighted by Crippen LogP contribution is -2.32. The Balaban J connectivity index is 2.44. The first-order chi connectivity index (χ1) is 6.79. The maximum Gasteiger partial charge on any atom is 0.223 e. The van der Waals surface area contributed by atoms with Crippen LogP contribution in [0, 0.1) is 17.3 Å². The molecule has 0 unspecified atom stereocenters. The number of rotatable bonds is 2. The molecule has 1 aliphatic heterocycles. The van der Waals surface area contributed by atoms with Gasteiger partial charge in [-0.3, -0.25) is 4.79 Å². The minimum Gasteiger partial charge on any atom is -0.342 e. The summed E-state index contributed by atoms with van der Waals surface area (Å²) in [7, 11) is 0. The van der Waals surface area contributed by atoms with Gasteiger partial charge in [0.25, 0.3) is 0 Å². The van der Waals surface area contributed by atoms with Gasteiger partial charge in [-0.05, 0) is 23.7 Å². The molecule has 1 fully saturated rings. The summed E-state index contributed by atoms with van der Waals surface area (Å²) < 4.78 is 0. The molecule has 2 nitrogen and oxygen atoms in total. The van der Waals surface area contributed by atoms with Crippen LogP contribution >= 0.6 is 0 Å². The topological polar surface area (TPSA) is 20.3 Å². The van der Waals surface area contributed by atoms with Gasteiger partial charge in [0.05, 0.1) is 0 Å². The number of hydrogen-bond acceptors (Lipinski definition) is 1. The molecule has 0 N–H and O–H groups in total. The second-order valence-electron chi connectivity index (χ2n) is 6.37. The molecule has 1 amide bonds. The number of hydrogen-bond donors (Lipinski definition) is 0. The van der Waals surface area contributed by atoms with E-state index in [1.54, 1.807) is 0 Å². The molecule has 0 aromatic carbocycles. The van der Waals surface area contributed by atoms with E-state index in [0.29, 0.717) is 24.2 Å². The van der Waals surface area contributed by atoms with Gasteiger partial charge in [-0.2, -0.15) is 0 Å². The fourth-order valence-corrected chi connectivity index (χ4v) is 2.12. The van der Waals surface area contributed by atoms with E-state index in [-0.39, 0.29) is 5.41 Å². The highest BCUT2D eigenvalue weighted by atomic mass is 16.2. The Morgan fingerprint density at radius 1 is 1.40 bits per heavy atom. The van der Waals surface area contributed by atoms with Crippen molar-refractivity contribution >= 4 is 5.91 Å². The van der Waals surface area contributed by atoms with Crippen molar-refractivity contribution in [3.05, 3.63) is 0 Å². The minimum atomic E-state index is 0.118. The second kappa shape index (κ2) is 4.54. The summed E-state index contributed by atoms with van der Waals surface area (Å²) >= 11 is 0. The summed E-state index contributed by atoms with van der Waals surface area (Å²) in [4.78, 5) is 14.0. The van der Waals surface area contributed by atoms with Crippen molar-refractivity contribution in [2.24, 2.45) is 17.3 Å². The quantitative estimate of drug-likeness (QED) is 0.687. The standard InChI is InChI=1S/C13H25NO/c1-10(2)11-6-7-14(9-11)12(15)8-13(3,4)5/h10-11H,6-9H2,1-5H3/t11-/m1/s1. The molecule has 0 spiro atoms. The summed E-state index contributed by atoms with van der Waals surface area (Å²) in [5.41, 5.74) is 0.118. The zero-order valence-electron chi connectivity index (χ0n) is 10.8. The first-order valence-corrected chi connectivity index (χ1v) is 6.07. The lowest BCUT2D eigenvalue weighted by atomic mass is 9.91. The molecule has 15 heavy (non-hydrogen) atoms. The van der Waals surface area contributed by atoms with Crippen molar-refractivity contribution in [2.45, 2.75) is 47.5 Å². The normalized spacial score (nSPS) is 22.5. The SMILES string of the molecule is CC(C)[C@@H]1CCN(C(=O)CC(C)(C)C)C1. The van der Waals surface area contributed by atoms with Gasteiger partial charge in [0.2, 0.25) is 5.91 Å². The minimum absolute atomic E-state index is 0.118. The summed E-state index contributed by atoms with van der Waals surface area (Å²) in [6.07, 6.45) is 1.87. The number of likely N-dealkylation sites (tertiary alicyclic amines) is 1. The van der Waals surface area contributed by atoms with Gasteiger partial charge in [-0.1, -0.05) is 34.6 Å². The highest BCUT2D eigenvalue weighted by Gasteiger charge is 2.29. The molecule has 1 saturated heterocycles. The Labute approximate surface area is 94.0 Å². The number of carbonyl (C=O) groups excluding carboxylic acids is 1. The Morgan fingerprint density at radius 2 is 2.00 bits per heavy atom. The zero-order valence-corrected chi connectivity index (χ0v) is 10.8. The van der Waals surface area contributed by atoms with E-state index in [9.17, 15) is 4.79 Å². The summed E-state index contributed by atoms with van der Waals surface area (Å²) in [5, 5.41) is 0. The second-order valence-corrected chi connectivity index (χ2v) is 6.37. The van der Waals surface area contributed by atoms with E-state index >= 15 is 0 Å². The molecule has 1 atom stereocenters. The van der Waals surface area contributed by atoms with Crippen molar-refractivity contribution in [1.82, 2.24) is 4.90 Å². The van der Waals surface area contributed by atoms with Gasteiger partial charge in [-0.25, -0.2) is 0 Å². The lowest BCUT2D eigenvalue weighted by molar-refractivity contribution is -0.132. The van der Waals surface area contributed by atoms with Crippen LogP contribution in [0.2, 0.25) is 0 Å². The van der Waals surface area contributed by atoms with Crippen LogP contribution in [0.3, 0.4) is 0 Å². The Morgan fingerprint density at radius 3 is 2.40 bits per heavy atom. The predicted octanol–water partition coefficient (Wildman–Crippen LogP) is 2.93. The van der Waals surface area contributed by atoms with Crippen molar-refractivity contribution in [1.29, 1.82) is 0 Å². The zero-order chi connectivity index (χ0) is 11.6. The molecule has 0 radical (unpaired) electrons. The average Bonchev–Trinajstić information content (AvgIpc) is 2.47. The van der Waals surface area contributed by atoms with Gasteiger partial charge in [-0.15, -0.1) is 0 Å². The van der Waals surface area contributed by atoms with Gasteiger partial charge in [0.15, 0.2) is 0 Å². The van der Waals surface area contributed by atoms with Crippen LogP contribution in [0.4, 0.5) is 0 Å². The van der Waals surface area contributed by atoms with Crippen LogP contribution in [0.1, 0.15) is 47.5 Å². The van der Waals surface area contributed by atoms with Gasteiger partial charge >= 0.3 is 0 Å². The molecule has 88 valence electrons. The van der Waals surface area contributed by atoms with Crippen LogP contribution < -0.4 is 0 Å². The summed E-state index contributed by atoms with van der Waals surface area (Å²) in [5.74, 6) is 1.76. The molecule has 2 heteroatoms. The van der Waals surface area contributed by atoms with E-state index in [1.165, 1.54) is 6.42 Å². The molecule has 1 heterocycles. The third kappa shape index (κ3) is 3.84. The Bertz CT molecular complexity index is 227. The Kier molecular flexibility index (Phi) is 3.80. The van der Waals surface area contributed by atoms with Crippen molar-refractivity contribution in [3.63, 3.8) is 0 Å². The van der Waals surface area contributed by atoms with Gasteiger partial charge in [0, 0.05) is 19.5 Å². The molecular weight excluding hydrogens is 186 g/mol. The number of carbonyl (C=O) groups is 1. The van der Waals surface area contributed by atoms with Gasteiger partial charge in [0.1, 0.15) is 0 Å². The summed E-state index contributed by atoms with van der Waals surface area (Å²) in [6.45, 7) is 12.8. The Hall–Kier alpha value is -0.530. The third-order valence-corrected chi connectivity index (χ3v) is 3.20. The van der Waals surface area contributed by atoms with E-state index in [1.807, 2.05) is 0 Å². The fraction of sp³-hybridized carbons (Fsp3) is 0.923. The molecular formula is C13H25NO. The van der Waals surface area contributed by atoms with Crippen molar-refractivity contribution < 1.29 is 4.79 Å². The first-order valence-electron chi connectivity index (χ1n) is 6.07. The first kappa shape index (κ1) is 12.5. The highest BCUT2D eigenvalue weighted by molar-refractivity contribution is 5.77. The van der Waals surface area contributed by atoms with Crippen LogP contribution in [-0.4, -0.2) is 23.9 Å². The lowest BCUT2D eigenvalue weighted by Gasteiger charge is -2.23. The molecule has 1 rings (SSSR count). The molecule has 0 aromatic rings. The van der Waals surface area contributed by atoms with E-state index in [2.05, 4.69) is 39.5 Å². The van der Waals surface area contributed by atoms with Crippen LogP contribution in [0.25, 0.3) is 0 Å². The molecule has 1 aliphatic rings. The molecule has 0 aromatic heterocycles. The van der Waals surface area contributed by atoms with Crippen LogP contribution in [0.5, 0.6) is 0 Å². The monoisotopic (exact) mass is 211 g/mol. The number of amides is 1. The van der Waals surface area contributed by atoms with Crippen LogP contribution in [0.15, 0.2) is 0 Å². The van der Waals surface area contributed by atoms with Crippen molar-refractivity contribution in [3.8, 4) is 0 Å². The molecule has 0 aliphatic carbocycles. The summed E-state index contributed by atoms with van der Waals surface area (Å²) in [6, 6.07) is 0.